The van der Waals surface area contributed by atoms with Crippen LogP contribution in [0.5, 0.6) is 0 Å². The molecule has 9 aromatic rings. The molecular weight excluding hydrogens is 560 g/mol. The van der Waals surface area contributed by atoms with E-state index in [1.54, 1.807) is 0 Å². The van der Waals surface area contributed by atoms with Crippen LogP contribution < -0.4 is 4.90 Å². The van der Waals surface area contributed by atoms with Crippen molar-refractivity contribution < 1.29 is 4.42 Å². The molecule has 1 heterocycles. The summed E-state index contributed by atoms with van der Waals surface area (Å²) in [5.74, 6) is 0.627. The lowest BCUT2D eigenvalue weighted by molar-refractivity contribution is 0.621. The number of fused-ring (bicyclic) bond motifs is 6. The molecule has 0 fully saturated rings. The SMILES string of the molecule is c1ccc(-c2nc3cccc(-c4cccc(N(c5ccccc5)c5ccc6c(ccc7c8ccccc8ccc67)c5)c4)c3o2)cc1. The van der Waals surface area contributed by atoms with E-state index in [0.29, 0.717) is 5.89 Å². The van der Waals surface area contributed by atoms with Crippen LogP contribution in [-0.2, 0) is 0 Å². The quantitative estimate of drug-likeness (QED) is 0.187. The summed E-state index contributed by atoms with van der Waals surface area (Å²) in [4.78, 5) is 7.13. The first-order valence-corrected chi connectivity index (χ1v) is 15.5. The molecule has 0 saturated carbocycles. The minimum atomic E-state index is 0.627. The first kappa shape index (κ1) is 26.2. The number of anilines is 3. The summed E-state index contributed by atoms with van der Waals surface area (Å²) in [7, 11) is 0. The maximum Gasteiger partial charge on any atom is 0.227 e. The summed E-state index contributed by atoms with van der Waals surface area (Å²) < 4.78 is 6.39. The van der Waals surface area contributed by atoms with E-state index < -0.39 is 0 Å². The zero-order valence-corrected chi connectivity index (χ0v) is 25.0. The van der Waals surface area contributed by atoms with Gasteiger partial charge in [0.05, 0.1) is 0 Å². The van der Waals surface area contributed by atoms with E-state index in [0.717, 1.165) is 44.9 Å². The Bertz CT molecular complexity index is 2530. The van der Waals surface area contributed by atoms with Crippen molar-refractivity contribution >= 4 is 60.5 Å². The molecule has 0 spiro atoms. The van der Waals surface area contributed by atoms with Crippen LogP contribution in [0.2, 0.25) is 0 Å². The lowest BCUT2D eigenvalue weighted by atomic mass is 9.96. The lowest BCUT2D eigenvalue weighted by Crippen LogP contribution is -2.09. The van der Waals surface area contributed by atoms with Crippen LogP contribution >= 0.6 is 0 Å². The zero-order chi connectivity index (χ0) is 30.5. The van der Waals surface area contributed by atoms with Crippen LogP contribution in [0.3, 0.4) is 0 Å². The molecule has 0 aliphatic carbocycles. The van der Waals surface area contributed by atoms with E-state index >= 15 is 0 Å². The molecule has 0 aliphatic rings. The predicted octanol–water partition coefficient (Wildman–Crippen LogP) is 12.1. The smallest absolute Gasteiger partial charge is 0.227 e. The van der Waals surface area contributed by atoms with Crippen LogP contribution in [0.15, 0.2) is 174 Å². The Morgan fingerprint density at radius 1 is 0.413 bits per heavy atom. The second-order valence-electron chi connectivity index (χ2n) is 11.6. The van der Waals surface area contributed by atoms with Gasteiger partial charge < -0.3 is 9.32 Å². The fraction of sp³-hybridized carbons (Fsp3) is 0. The molecule has 3 nitrogen and oxygen atoms in total. The summed E-state index contributed by atoms with van der Waals surface area (Å²) >= 11 is 0. The number of aromatic nitrogens is 1. The predicted molar refractivity (Wildman–Crippen MR) is 192 cm³/mol. The Balaban J connectivity index is 1.18. The molecule has 46 heavy (non-hydrogen) atoms. The third-order valence-electron chi connectivity index (χ3n) is 8.85. The van der Waals surface area contributed by atoms with Gasteiger partial charge in [-0.05, 0) is 92.5 Å². The number of rotatable bonds is 5. The number of oxazole rings is 1. The van der Waals surface area contributed by atoms with Gasteiger partial charge >= 0.3 is 0 Å². The van der Waals surface area contributed by atoms with Gasteiger partial charge in [0.2, 0.25) is 5.89 Å². The summed E-state index contributed by atoms with van der Waals surface area (Å²) in [6.07, 6.45) is 0. The standard InChI is InChI=1S/C43H28N2O/c1-3-12-30(13-4-1)43-44-41-20-10-19-38(42(41)46-43)31-14-9-17-34(27-31)45(33-15-5-2-6-16-33)35-23-26-37-32(28-35)22-25-39-36-18-8-7-11-29(36)21-24-40(37)39/h1-28H. The van der Waals surface area contributed by atoms with Crippen molar-refractivity contribution in [2.24, 2.45) is 0 Å². The van der Waals surface area contributed by atoms with Gasteiger partial charge in [0.15, 0.2) is 5.58 Å². The van der Waals surface area contributed by atoms with Crippen molar-refractivity contribution in [2.75, 3.05) is 4.90 Å². The Labute approximate surface area is 266 Å². The number of nitrogens with zero attached hydrogens (tertiary/aromatic N) is 2. The van der Waals surface area contributed by atoms with E-state index in [2.05, 4.69) is 132 Å². The number of hydrogen-bond donors (Lipinski definition) is 0. The van der Waals surface area contributed by atoms with E-state index in [9.17, 15) is 0 Å². The molecule has 0 aliphatic heterocycles. The van der Waals surface area contributed by atoms with Gasteiger partial charge in [0.25, 0.3) is 0 Å². The van der Waals surface area contributed by atoms with Crippen molar-refractivity contribution in [2.45, 2.75) is 0 Å². The lowest BCUT2D eigenvalue weighted by Gasteiger charge is -2.26. The Morgan fingerprint density at radius 2 is 1.04 bits per heavy atom. The van der Waals surface area contributed by atoms with Crippen molar-refractivity contribution in [1.82, 2.24) is 4.98 Å². The van der Waals surface area contributed by atoms with Crippen molar-refractivity contribution in [3.05, 3.63) is 170 Å². The number of benzene rings is 8. The van der Waals surface area contributed by atoms with Gasteiger partial charge in [0.1, 0.15) is 5.52 Å². The largest absolute Gasteiger partial charge is 0.435 e. The van der Waals surface area contributed by atoms with E-state index in [1.807, 2.05) is 42.5 Å². The van der Waals surface area contributed by atoms with Crippen molar-refractivity contribution in [3.8, 4) is 22.6 Å². The fourth-order valence-electron chi connectivity index (χ4n) is 6.67. The minimum Gasteiger partial charge on any atom is -0.435 e. The Kier molecular flexibility index (Phi) is 6.14. The zero-order valence-electron chi connectivity index (χ0n) is 25.0. The van der Waals surface area contributed by atoms with Crippen LogP contribution in [0.25, 0.3) is 66.0 Å². The van der Waals surface area contributed by atoms with E-state index in [4.69, 9.17) is 9.40 Å². The topological polar surface area (TPSA) is 29.3 Å². The van der Waals surface area contributed by atoms with Gasteiger partial charge in [0, 0.05) is 28.2 Å². The molecule has 0 saturated heterocycles. The Hall–Kier alpha value is -6.19. The Morgan fingerprint density at radius 3 is 1.89 bits per heavy atom. The van der Waals surface area contributed by atoms with Crippen LogP contribution in [-0.4, -0.2) is 4.98 Å². The third kappa shape index (κ3) is 4.41. The average Bonchev–Trinajstić information content (AvgIpc) is 3.57. The summed E-state index contributed by atoms with van der Waals surface area (Å²) in [5.41, 5.74) is 7.93. The molecule has 9 rings (SSSR count). The van der Waals surface area contributed by atoms with Gasteiger partial charge in [-0.15, -0.1) is 0 Å². The molecule has 0 amide bonds. The average molecular weight is 589 g/mol. The molecule has 0 unspecified atom stereocenters. The molecule has 0 bridgehead atoms. The molecule has 8 aromatic carbocycles. The molecule has 1 aromatic heterocycles. The molecule has 216 valence electrons. The molecule has 0 atom stereocenters. The molecular formula is C43H28N2O. The molecule has 0 radical (unpaired) electrons. The first-order chi connectivity index (χ1) is 22.8. The normalized spacial score (nSPS) is 11.5. The summed E-state index contributed by atoms with van der Waals surface area (Å²) in [6, 6.07) is 59.9. The highest BCUT2D eigenvalue weighted by Gasteiger charge is 2.17. The monoisotopic (exact) mass is 588 g/mol. The number of hydrogen-bond acceptors (Lipinski definition) is 3. The second-order valence-corrected chi connectivity index (χ2v) is 11.6. The second kappa shape index (κ2) is 10.8. The summed E-state index contributed by atoms with van der Waals surface area (Å²) in [5, 5.41) is 7.55. The minimum absolute atomic E-state index is 0.627. The maximum atomic E-state index is 6.39. The fourth-order valence-corrected chi connectivity index (χ4v) is 6.67. The van der Waals surface area contributed by atoms with Crippen molar-refractivity contribution in [3.63, 3.8) is 0 Å². The van der Waals surface area contributed by atoms with Crippen LogP contribution in [0.4, 0.5) is 17.1 Å². The van der Waals surface area contributed by atoms with Gasteiger partial charge in [-0.25, -0.2) is 4.98 Å². The highest BCUT2D eigenvalue weighted by atomic mass is 16.3. The summed E-state index contributed by atoms with van der Waals surface area (Å²) in [6.45, 7) is 0. The van der Waals surface area contributed by atoms with Crippen LogP contribution in [0, 0.1) is 0 Å². The third-order valence-corrected chi connectivity index (χ3v) is 8.85. The highest BCUT2D eigenvalue weighted by molar-refractivity contribution is 6.17. The van der Waals surface area contributed by atoms with Gasteiger partial charge in [-0.1, -0.05) is 115 Å². The van der Waals surface area contributed by atoms with Crippen molar-refractivity contribution in [1.29, 1.82) is 0 Å². The van der Waals surface area contributed by atoms with E-state index in [-0.39, 0.29) is 0 Å². The first-order valence-electron chi connectivity index (χ1n) is 15.5. The number of para-hydroxylation sites is 2. The maximum absolute atomic E-state index is 6.39. The molecule has 3 heteroatoms. The van der Waals surface area contributed by atoms with Gasteiger partial charge in [-0.3, -0.25) is 0 Å². The van der Waals surface area contributed by atoms with E-state index in [1.165, 1.54) is 32.3 Å². The highest BCUT2D eigenvalue weighted by Crippen LogP contribution is 2.40. The molecule has 0 N–H and O–H groups in total. The van der Waals surface area contributed by atoms with Gasteiger partial charge in [-0.2, -0.15) is 0 Å². The van der Waals surface area contributed by atoms with Crippen LogP contribution in [0.1, 0.15) is 0 Å².